The monoisotopic (exact) mass is 466 g/mol. The molecule has 2 rings (SSSR count). The van der Waals surface area contributed by atoms with E-state index in [2.05, 4.69) is 65.2 Å². The van der Waals surface area contributed by atoms with Crippen molar-refractivity contribution in [2.75, 3.05) is 45.9 Å². The average Bonchev–Trinajstić information content (AvgIpc) is 2.40. The zero-order valence-corrected chi connectivity index (χ0v) is 20.3. The van der Waals surface area contributed by atoms with Crippen LogP contribution in [-0.2, 0) is 12.3 Å². The summed E-state index contributed by atoms with van der Waals surface area (Å²) in [6, 6.07) is 0. The first-order chi connectivity index (χ1) is 11.4. The molecule has 0 unspecified atom stereocenters. The van der Waals surface area contributed by atoms with Crippen LogP contribution in [0.3, 0.4) is 0 Å². The molecule has 6 nitrogen and oxygen atoms in total. The minimum absolute atomic E-state index is 0.359. The number of hydrogen-bond donors (Lipinski definition) is 0. The number of hydrogen-bond acceptors (Lipinski definition) is 6. The van der Waals surface area contributed by atoms with Gasteiger partial charge in [0.1, 0.15) is 0 Å². The van der Waals surface area contributed by atoms with Gasteiger partial charge < -0.3 is 0 Å². The predicted octanol–water partition coefficient (Wildman–Crippen LogP) is 2.50. The average molecular weight is 465 g/mol. The Bertz CT molecular complexity index is 420. The third kappa shape index (κ3) is 6.29. The van der Waals surface area contributed by atoms with Gasteiger partial charge in [0.25, 0.3) is 0 Å². The van der Waals surface area contributed by atoms with Crippen molar-refractivity contribution in [2.45, 2.75) is 72.2 Å². The molecule has 2 heterocycles. The van der Waals surface area contributed by atoms with Crippen molar-refractivity contribution in [3.05, 3.63) is 0 Å². The molecule has 7 heteroatoms. The predicted molar refractivity (Wildman–Crippen MR) is 101 cm³/mol. The molecule has 0 bridgehead atoms. The number of rotatable bonds is 2. The van der Waals surface area contributed by atoms with E-state index in [0.717, 1.165) is 39.3 Å². The van der Waals surface area contributed by atoms with Crippen molar-refractivity contribution >= 4 is 20.0 Å². The Labute approximate surface area is 160 Å². The van der Waals surface area contributed by atoms with Crippen molar-refractivity contribution in [1.29, 1.82) is 0 Å². The summed E-state index contributed by atoms with van der Waals surface area (Å²) in [7, 11) is 0. The Kier molecular flexibility index (Phi) is 6.90. The van der Waals surface area contributed by atoms with Crippen molar-refractivity contribution in [3.63, 3.8) is 0 Å². The number of nitrogens with zero attached hydrogens (tertiary/aromatic N) is 2. The Balaban J connectivity index is 2.31. The van der Waals surface area contributed by atoms with Gasteiger partial charge in [-0.1, -0.05) is 0 Å². The summed E-state index contributed by atoms with van der Waals surface area (Å²) < 4.78 is 26.1. The molecule has 25 heavy (non-hydrogen) atoms. The van der Waals surface area contributed by atoms with Gasteiger partial charge in [-0.2, -0.15) is 0 Å². The van der Waals surface area contributed by atoms with Crippen molar-refractivity contribution in [1.82, 2.24) is 9.80 Å². The quantitative estimate of drug-likeness (QED) is 0.585. The molecule has 0 aromatic carbocycles. The summed E-state index contributed by atoms with van der Waals surface area (Å²) in [5, 5.41) is 0. The van der Waals surface area contributed by atoms with Crippen LogP contribution in [0.2, 0.25) is 0 Å². The van der Waals surface area contributed by atoms with Crippen molar-refractivity contribution in [2.24, 2.45) is 0 Å². The summed E-state index contributed by atoms with van der Waals surface area (Å²) >= 11 is -4.20. The molecule has 0 saturated carbocycles. The summed E-state index contributed by atoms with van der Waals surface area (Å²) in [5.74, 6) is 0. The van der Waals surface area contributed by atoms with Crippen LogP contribution in [0.15, 0.2) is 0 Å². The Morgan fingerprint density at radius 3 is 1.52 bits per heavy atom. The molecule has 2 aliphatic heterocycles. The molecule has 0 atom stereocenters. The third-order valence-electron chi connectivity index (χ3n) is 4.60. The molecule has 0 N–H and O–H groups in total. The zero-order valence-electron chi connectivity index (χ0n) is 17.5. The molecule has 0 aliphatic carbocycles. The maximum atomic E-state index is 6.60. The molecular formula is C18H38N2O4Sn. The third-order valence-corrected chi connectivity index (χ3v) is 13.1. The minimum atomic E-state index is -4.20. The molecule has 0 aromatic rings. The van der Waals surface area contributed by atoms with E-state index in [0.29, 0.717) is 6.61 Å². The van der Waals surface area contributed by atoms with E-state index in [1.807, 2.05) is 0 Å². The summed E-state index contributed by atoms with van der Waals surface area (Å²) in [5.41, 5.74) is -1.08. The Morgan fingerprint density at radius 2 is 1.12 bits per heavy atom. The van der Waals surface area contributed by atoms with E-state index in [1.54, 1.807) is 0 Å². The Hall–Kier alpha value is 0.559. The van der Waals surface area contributed by atoms with Crippen molar-refractivity contribution < 1.29 is 12.3 Å². The van der Waals surface area contributed by atoms with Crippen molar-refractivity contribution in [3.8, 4) is 0 Å². The number of likely N-dealkylation sites (N-methyl/N-ethyl adjacent to an activating group) is 2. The van der Waals surface area contributed by atoms with E-state index in [4.69, 9.17) is 12.3 Å². The first-order valence-corrected chi connectivity index (χ1v) is 14.3. The van der Waals surface area contributed by atoms with Gasteiger partial charge in [0.2, 0.25) is 0 Å². The van der Waals surface area contributed by atoms with E-state index in [1.165, 1.54) is 0 Å². The summed E-state index contributed by atoms with van der Waals surface area (Å²) in [6.07, 6.45) is 0. The molecule has 148 valence electrons. The standard InChI is InChI=1S/C10H21NO2.C8H17NO2.Sn/c1-6-11(7-9(2,3)12)8-10(4,5)13;1-4-9(5-6-10)7-8(2,3)11;/h6-8H2,1-5H3;4-7H2,1-3H3;/q2*-2;+4. The van der Waals surface area contributed by atoms with Gasteiger partial charge in [0.05, 0.1) is 0 Å². The first kappa shape index (κ1) is 21.9. The molecule has 2 fully saturated rings. The first-order valence-electron chi connectivity index (χ1n) is 9.59. The van der Waals surface area contributed by atoms with Crippen LogP contribution in [0.5, 0.6) is 0 Å². The van der Waals surface area contributed by atoms with Crippen LogP contribution in [0.25, 0.3) is 0 Å². The van der Waals surface area contributed by atoms with Gasteiger partial charge >= 0.3 is 160 Å². The van der Waals surface area contributed by atoms with E-state index in [9.17, 15) is 0 Å². The second kappa shape index (κ2) is 7.89. The van der Waals surface area contributed by atoms with E-state index in [-0.39, 0.29) is 16.8 Å². The van der Waals surface area contributed by atoms with Crippen LogP contribution in [-0.4, -0.2) is 92.5 Å². The molecule has 1 spiro atoms. The van der Waals surface area contributed by atoms with Gasteiger partial charge in [0.15, 0.2) is 0 Å². The van der Waals surface area contributed by atoms with Crippen LogP contribution < -0.4 is 0 Å². The molecule has 0 radical (unpaired) electrons. The molecule has 2 saturated heterocycles. The van der Waals surface area contributed by atoms with Crippen LogP contribution in [0.4, 0.5) is 0 Å². The molecule has 2 aliphatic rings. The SMILES string of the molecule is CCN1CC[O][Sn]2([O]C(C)(C)C1)[O]C(C)(C)CN(CC)CC(C)(C)[O]2. The van der Waals surface area contributed by atoms with Crippen LogP contribution >= 0.6 is 0 Å². The maximum absolute atomic E-state index is 6.60. The second-order valence-electron chi connectivity index (χ2n) is 9.11. The van der Waals surface area contributed by atoms with Gasteiger partial charge in [-0.25, -0.2) is 0 Å². The van der Waals surface area contributed by atoms with Gasteiger partial charge in [-0.05, 0) is 0 Å². The second-order valence-corrected chi connectivity index (χ2v) is 14.5. The summed E-state index contributed by atoms with van der Waals surface area (Å²) in [4.78, 5) is 4.74. The topological polar surface area (TPSA) is 43.4 Å². The molecule has 0 aromatic heterocycles. The van der Waals surface area contributed by atoms with Crippen LogP contribution in [0, 0.1) is 0 Å². The molecule has 0 amide bonds. The molecular weight excluding hydrogens is 427 g/mol. The van der Waals surface area contributed by atoms with Gasteiger partial charge in [-0.15, -0.1) is 0 Å². The van der Waals surface area contributed by atoms with E-state index < -0.39 is 20.0 Å². The Morgan fingerprint density at radius 1 is 0.720 bits per heavy atom. The summed E-state index contributed by atoms with van der Waals surface area (Å²) in [6.45, 7) is 23.1. The normalized spacial score (nSPS) is 30.2. The fraction of sp³-hybridized carbons (Fsp3) is 1.00. The van der Waals surface area contributed by atoms with Crippen LogP contribution in [0.1, 0.15) is 55.4 Å². The van der Waals surface area contributed by atoms with E-state index >= 15 is 0 Å². The fourth-order valence-corrected chi connectivity index (χ4v) is 12.0. The van der Waals surface area contributed by atoms with Gasteiger partial charge in [0, 0.05) is 0 Å². The fourth-order valence-electron chi connectivity index (χ4n) is 3.81. The zero-order chi connectivity index (χ0) is 18.9. The van der Waals surface area contributed by atoms with Gasteiger partial charge in [-0.3, -0.25) is 0 Å².